The number of hydrogen-bond acceptors (Lipinski definition) is 14. The maximum atomic E-state index is 15.9. The number of nitrogens with one attached hydrogen (secondary N) is 3. The predicted octanol–water partition coefficient (Wildman–Crippen LogP) is 10.0. The van der Waals surface area contributed by atoms with E-state index in [-0.39, 0.29) is 81.1 Å². The number of nitrogens with two attached hydrogens (primary N) is 2. The smallest absolute Gasteiger partial charge is 0.266 e. The Bertz CT molecular complexity index is 3560. The molecule has 0 bridgehead atoms. The van der Waals surface area contributed by atoms with Gasteiger partial charge in [-0.05, 0) is 89.5 Å². The number of hydrogen-bond donors (Lipinski definition) is 5. The number of rotatable bonds is 16. The van der Waals surface area contributed by atoms with Gasteiger partial charge in [0.2, 0.25) is 17.6 Å². The number of nitrogens with zero attached hydrogens (tertiary/aromatic N) is 6. The lowest BCUT2D eigenvalue weighted by Crippen LogP contribution is -2.13. The molecule has 0 unspecified atom stereocenters. The number of aromatic nitrogens is 4. The highest BCUT2D eigenvalue weighted by molar-refractivity contribution is 6.10. The van der Waals surface area contributed by atoms with Crippen molar-refractivity contribution in [3.8, 4) is 63.4 Å². The second-order valence-electron chi connectivity index (χ2n) is 15.5. The second kappa shape index (κ2) is 22.1. The lowest BCUT2D eigenvalue weighted by molar-refractivity contribution is -0.113. The summed E-state index contributed by atoms with van der Waals surface area (Å²) in [6.45, 7) is 3.13. The number of amides is 3. The molecule has 2 aromatic heterocycles. The van der Waals surface area contributed by atoms with E-state index >= 15 is 8.78 Å². The van der Waals surface area contributed by atoms with Crippen LogP contribution < -0.4 is 41.6 Å². The number of nitriles is 2. The zero-order chi connectivity index (χ0) is 51.4. The van der Waals surface area contributed by atoms with Crippen LogP contribution in [0, 0.1) is 34.3 Å². The molecule has 6 aromatic carbocycles. The van der Waals surface area contributed by atoms with E-state index in [2.05, 4.69) is 42.5 Å². The molecular formula is C54H37F2N11O6. The van der Waals surface area contributed by atoms with Gasteiger partial charge in [-0.3, -0.25) is 14.4 Å². The molecule has 8 rings (SSSR count). The third-order valence-electron chi connectivity index (χ3n) is 10.5. The van der Waals surface area contributed by atoms with Gasteiger partial charge < -0.3 is 41.6 Å². The summed E-state index contributed by atoms with van der Waals surface area (Å²) < 4.78 is 49.2. The van der Waals surface area contributed by atoms with Gasteiger partial charge in [-0.1, -0.05) is 67.2 Å². The maximum absolute atomic E-state index is 15.9. The molecule has 19 heteroatoms. The molecule has 2 heterocycles. The summed E-state index contributed by atoms with van der Waals surface area (Å²) in [5, 5.41) is 27.0. The van der Waals surface area contributed by atoms with Gasteiger partial charge in [-0.15, -0.1) is 0 Å². The van der Waals surface area contributed by atoms with E-state index in [0.717, 1.165) is 6.33 Å². The van der Waals surface area contributed by atoms with Crippen molar-refractivity contribution in [1.82, 2.24) is 19.9 Å². The van der Waals surface area contributed by atoms with E-state index in [0.29, 0.717) is 33.5 Å². The second-order valence-corrected chi connectivity index (χ2v) is 15.5. The van der Waals surface area contributed by atoms with Crippen LogP contribution >= 0.6 is 0 Å². The van der Waals surface area contributed by atoms with Gasteiger partial charge in [0.05, 0.1) is 11.1 Å². The van der Waals surface area contributed by atoms with Crippen molar-refractivity contribution in [2.24, 2.45) is 0 Å². The monoisotopic (exact) mass is 973 g/mol. The molecule has 0 aliphatic carbocycles. The average Bonchev–Trinajstić information content (AvgIpc) is 3.39. The number of halogens is 2. The fourth-order valence-corrected chi connectivity index (χ4v) is 7.00. The van der Waals surface area contributed by atoms with Crippen LogP contribution in [-0.2, 0) is 16.2 Å². The highest BCUT2D eigenvalue weighted by Gasteiger charge is 2.23. The van der Waals surface area contributed by atoms with Crippen molar-refractivity contribution in [2.45, 2.75) is 6.61 Å². The molecule has 0 atom stereocenters. The van der Waals surface area contributed by atoms with Crippen molar-refractivity contribution in [3.05, 3.63) is 198 Å². The van der Waals surface area contributed by atoms with Gasteiger partial charge in [0.15, 0.2) is 11.6 Å². The maximum Gasteiger partial charge on any atom is 0.266 e. The van der Waals surface area contributed by atoms with Gasteiger partial charge in [0, 0.05) is 40.3 Å². The summed E-state index contributed by atoms with van der Waals surface area (Å²) >= 11 is 0. The Kier molecular flexibility index (Phi) is 14.7. The van der Waals surface area contributed by atoms with Gasteiger partial charge in [-0.25, -0.2) is 24.3 Å². The van der Waals surface area contributed by atoms with Crippen molar-refractivity contribution in [2.75, 3.05) is 27.4 Å². The third-order valence-corrected chi connectivity index (χ3v) is 10.5. The topological polar surface area (TPSA) is 266 Å². The molecule has 7 N–H and O–H groups in total. The minimum Gasteiger partial charge on any atom is -0.486 e. The van der Waals surface area contributed by atoms with Gasteiger partial charge in [-0.2, -0.15) is 14.9 Å². The molecule has 0 spiro atoms. The van der Waals surface area contributed by atoms with Crippen molar-refractivity contribution in [1.29, 1.82) is 10.5 Å². The lowest BCUT2D eigenvalue weighted by atomic mass is 10.0. The van der Waals surface area contributed by atoms with Crippen LogP contribution in [0.2, 0.25) is 0 Å². The largest absolute Gasteiger partial charge is 0.486 e. The van der Waals surface area contributed by atoms with Gasteiger partial charge in [0.25, 0.3) is 17.7 Å². The Morgan fingerprint density at radius 2 is 1.23 bits per heavy atom. The summed E-state index contributed by atoms with van der Waals surface area (Å²) in [5.41, 5.74) is 14.8. The lowest BCUT2D eigenvalue weighted by Gasteiger charge is -2.15. The van der Waals surface area contributed by atoms with Crippen LogP contribution in [0.5, 0.6) is 29.0 Å². The van der Waals surface area contributed by atoms with E-state index in [1.807, 2.05) is 24.3 Å². The first-order valence-electron chi connectivity index (χ1n) is 21.6. The van der Waals surface area contributed by atoms with E-state index in [1.165, 1.54) is 54.9 Å². The molecule has 358 valence electrons. The molecular weight excluding hydrogens is 937 g/mol. The quantitative estimate of drug-likeness (QED) is 0.0446. The Morgan fingerprint density at radius 1 is 0.630 bits per heavy atom. The number of benzene rings is 6. The number of anilines is 5. The number of carbonyl (C=O) groups excluding carboxylic acids is 3. The van der Waals surface area contributed by atoms with Gasteiger partial charge >= 0.3 is 0 Å². The molecule has 0 aliphatic heterocycles. The van der Waals surface area contributed by atoms with Crippen LogP contribution in [-0.4, -0.2) is 37.7 Å². The zero-order valence-corrected chi connectivity index (χ0v) is 38.0. The molecule has 0 radical (unpaired) electrons. The first-order chi connectivity index (χ1) is 35.4. The van der Waals surface area contributed by atoms with Crippen molar-refractivity contribution in [3.63, 3.8) is 0 Å². The molecule has 73 heavy (non-hydrogen) atoms. The van der Waals surface area contributed by atoms with Crippen LogP contribution in [0.15, 0.2) is 170 Å². The summed E-state index contributed by atoms with van der Waals surface area (Å²) in [6, 6.07) is 40.6. The number of ether oxygens (including phenoxy) is 3. The number of carbonyl (C=O) groups is 3. The zero-order valence-electron chi connectivity index (χ0n) is 38.0. The Hall–Kier alpha value is -10.8. The normalized spacial score (nSPS) is 10.8. The minimum absolute atomic E-state index is 0.104. The van der Waals surface area contributed by atoms with E-state index in [4.69, 9.17) is 30.9 Å². The molecule has 0 saturated carbocycles. The molecule has 8 aromatic rings. The Labute approximate surface area is 414 Å². The Morgan fingerprint density at radius 3 is 1.88 bits per heavy atom. The summed E-state index contributed by atoms with van der Waals surface area (Å²) in [6.07, 6.45) is 3.66. The van der Waals surface area contributed by atoms with Crippen LogP contribution in [0.1, 0.15) is 21.5 Å². The van der Waals surface area contributed by atoms with E-state index < -0.39 is 29.2 Å². The van der Waals surface area contributed by atoms with Crippen molar-refractivity contribution < 1.29 is 37.4 Å². The number of nitrogen functional groups attached to an aromatic ring is 2. The predicted molar refractivity (Wildman–Crippen MR) is 267 cm³/mol. The van der Waals surface area contributed by atoms with Crippen molar-refractivity contribution >= 4 is 52.5 Å². The standard InChI is InChI=1S/C54H37F2N11O6/c1-31(26-57)50(68)66-38-12-6-15-41(24-38)73-54-45(49(60)62-30-64-54)42-20-21-43(47(56)46(42)55)71-28-33-9-5-8-32(22-33)23-36(27-58)52(70)67-39-13-7-14-40(25-39)72-53-44(48(59)61-29-63-53)34-16-18-35(19-17-34)51(69)65-37-10-3-2-4-11-37/h2-25,29-30H,1,28H2,(H,65,69)(H,66,68)(H,67,70)(H2,59,61,63)(H2,60,62,64)/b36-23+. The fourth-order valence-electron chi connectivity index (χ4n) is 7.00. The average molecular weight is 974 g/mol. The summed E-state index contributed by atoms with van der Waals surface area (Å²) in [4.78, 5) is 54.8. The SMILES string of the molecule is C=C(C#N)C(=O)Nc1cccc(Oc2ncnc(N)c2-c2ccc(OCc3cccc(/C=C(\C#N)C(=O)Nc4cccc(Oc5ncnc(N)c5-c5ccc(C(=O)Nc6ccccc6)cc5)c4)c3)c(F)c2F)c1. The first-order valence-corrected chi connectivity index (χ1v) is 21.6. The highest BCUT2D eigenvalue weighted by atomic mass is 19.2. The summed E-state index contributed by atoms with van der Waals surface area (Å²) in [5.74, 6) is -4.72. The van der Waals surface area contributed by atoms with E-state index in [1.54, 1.807) is 84.9 Å². The van der Waals surface area contributed by atoms with Gasteiger partial charge in [0.1, 0.15) is 65.7 Å². The first kappa shape index (κ1) is 48.7. The fraction of sp³-hybridized carbons (Fsp3) is 0.0185. The minimum atomic E-state index is -1.35. The third kappa shape index (κ3) is 11.7. The van der Waals surface area contributed by atoms with Crippen LogP contribution in [0.4, 0.5) is 37.5 Å². The summed E-state index contributed by atoms with van der Waals surface area (Å²) in [7, 11) is 0. The molecule has 0 fully saturated rings. The van der Waals surface area contributed by atoms with Crippen LogP contribution in [0.25, 0.3) is 28.3 Å². The van der Waals surface area contributed by atoms with Crippen LogP contribution in [0.3, 0.4) is 0 Å². The molecule has 17 nitrogen and oxygen atoms in total. The Balaban J connectivity index is 0.917. The van der Waals surface area contributed by atoms with E-state index in [9.17, 15) is 19.6 Å². The molecule has 0 aliphatic rings. The molecule has 0 saturated heterocycles. The highest BCUT2D eigenvalue weighted by Crippen LogP contribution is 2.40. The number of para-hydroxylation sites is 1. The molecule has 3 amide bonds.